The summed E-state index contributed by atoms with van der Waals surface area (Å²) in [7, 11) is 0. The zero-order chi connectivity index (χ0) is 15.2. The van der Waals surface area contributed by atoms with E-state index in [-0.39, 0.29) is 24.7 Å². The highest BCUT2D eigenvalue weighted by atomic mass is 19.4. The second kappa shape index (κ2) is 4.99. The Balaban J connectivity index is 1.57. The molecule has 116 valence electrons. The van der Waals surface area contributed by atoms with E-state index in [1.807, 2.05) is 6.92 Å². The van der Waals surface area contributed by atoms with Crippen molar-refractivity contribution in [3.8, 4) is 0 Å². The lowest BCUT2D eigenvalue weighted by Crippen LogP contribution is -2.34. The van der Waals surface area contributed by atoms with Crippen LogP contribution >= 0.6 is 0 Å². The Morgan fingerprint density at radius 2 is 1.95 bits per heavy atom. The van der Waals surface area contributed by atoms with E-state index in [9.17, 15) is 13.2 Å². The monoisotopic (exact) mass is 304 g/mol. The minimum absolute atomic E-state index is 0.0413. The molecule has 3 N–H and O–H groups in total. The molecule has 0 radical (unpaired) electrons. The second-order valence-corrected chi connectivity index (χ2v) is 5.40. The highest BCUT2D eigenvalue weighted by Crippen LogP contribution is 2.43. The first-order valence-corrected chi connectivity index (χ1v) is 6.61. The van der Waals surface area contributed by atoms with Crippen LogP contribution < -0.4 is 11.3 Å². The van der Waals surface area contributed by atoms with Crippen molar-refractivity contribution < 1.29 is 22.3 Å². The molecule has 1 heterocycles. The first kappa shape index (κ1) is 14.3. The topological polar surface area (TPSA) is 86.2 Å². The fraction of sp³-hybridized carbons (Fsp3) is 0.667. The van der Waals surface area contributed by atoms with E-state index >= 15 is 0 Å². The van der Waals surface area contributed by atoms with Gasteiger partial charge in [-0.3, -0.25) is 10.6 Å². The number of halogens is 3. The molecule has 9 heteroatoms. The van der Waals surface area contributed by atoms with E-state index in [4.69, 9.17) is 10.3 Å². The number of allylic oxidation sites excluding steroid dienone is 2. The molecule has 3 rings (SSSR count). The van der Waals surface area contributed by atoms with Crippen molar-refractivity contribution in [1.29, 1.82) is 0 Å². The van der Waals surface area contributed by atoms with E-state index in [0.717, 1.165) is 11.3 Å². The van der Waals surface area contributed by atoms with Gasteiger partial charge < -0.3 is 9.84 Å². The fourth-order valence-corrected chi connectivity index (χ4v) is 2.65. The molecule has 0 aliphatic heterocycles. The summed E-state index contributed by atoms with van der Waals surface area (Å²) in [4.78, 5) is 0. The van der Waals surface area contributed by atoms with Crippen LogP contribution in [0.2, 0.25) is 0 Å². The van der Waals surface area contributed by atoms with Gasteiger partial charge in [0.15, 0.2) is 0 Å². The molecule has 0 bridgehead atoms. The molecular formula is C12H15F3N4O2. The molecule has 1 unspecified atom stereocenters. The largest absolute Gasteiger partial charge is 0.522 e. The summed E-state index contributed by atoms with van der Waals surface area (Å²) in [6.45, 7) is 1.92. The predicted molar refractivity (Wildman–Crippen MR) is 64.6 cm³/mol. The molecular weight excluding hydrogens is 289 g/mol. The lowest BCUT2D eigenvalue weighted by Gasteiger charge is -2.33. The third-order valence-electron chi connectivity index (χ3n) is 4.08. The molecule has 0 spiro atoms. The van der Waals surface area contributed by atoms with Gasteiger partial charge in [-0.05, 0) is 25.3 Å². The molecule has 0 aromatic carbocycles. The van der Waals surface area contributed by atoms with E-state index in [2.05, 4.69) is 20.4 Å². The van der Waals surface area contributed by atoms with Crippen LogP contribution in [0.1, 0.15) is 49.8 Å². The lowest BCUT2D eigenvalue weighted by molar-refractivity contribution is -0.352. The Labute approximate surface area is 118 Å². The molecule has 1 fully saturated rings. The van der Waals surface area contributed by atoms with Gasteiger partial charge in [-0.2, -0.15) is 0 Å². The number of aromatic nitrogens is 2. The van der Waals surface area contributed by atoms with Crippen LogP contribution in [-0.4, -0.2) is 22.7 Å². The third-order valence-corrected chi connectivity index (χ3v) is 4.08. The smallest absolute Gasteiger partial charge is 0.424 e. The summed E-state index contributed by atoms with van der Waals surface area (Å²) in [5.41, 5.74) is 4.58. The van der Waals surface area contributed by atoms with Crippen molar-refractivity contribution >= 4 is 0 Å². The SMILES string of the molecule is CC1=C(NN)CC1c1nnc(C2CC(OC(F)(F)F)C2)o1. The molecule has 1 aromatic rings. The average Bonchev–Trinajstić information content (AvgIpc) is 2.79. The summed E-state index contributed by atoms with van der Waals surface area (Å²) in [5.74, 6) is 6.09. The summed E-state index contributed by atoms with van der Waals surface area (Å²) >= 11 is 0. The molecule has 1 aromatic heterocycles. The number of nitrogens with two attached hydrogens (primary N) is 1. The Morgan fingerprint density at radius 1 is 1.29 bits per heavy atom. The highest BCUT2D eigenvalue weighted by molar-refractivity contribution is 5.32. The molecule has 1 atom stereocenters. The van der Waals surface area contributed by atoms with Crippen LogP contribution in [0.5, 0.6) is 0 Å². The predicted octanol–water partition coefficient (Wildman–Crippen LogP) is 2.08. The fourth-order valence-electron chi connectivity index (χ4n) is 2.65. The van der Waals surface area contributed by atoms with Crippen molar-refractivity contribution in [2.45, 2.75) is 50.5 Å². The maximum Gasteiger partial charge on any atom is 0.522 e. The number of rotatable bonds is 4. The molecule has 1 saturated carbocycles. The molecule has 0 amide bonds. The molecule has 2 aliphatic carbocycles. The number of ether oxygens (including phenoxy) is 1. The molecule has 0 saturated heterocycles. The molecule has 6 nitrogen and oxygen atoms in total. The summed E-state index contributed by atoms with van der Waals surface area (Å²) in [6, 6.07) is 0. The van der Waals surface area contributed by atoms with Gasteiger partial charge in [0.1, 0.15) is 0 Å². The minimum Gasteiger partial charge on any atom is -0.424 e. The maximum absolute atomic E-state index is 12.0. The number of nitrogens with one attached hydrogen (secondary N) is 1. The van der Waals surface area contributed by atoms with Gasteiger partial charge in [-0.15, -0.1) is 23.4 Å². The summed E-state index contributed by atoms with van der Waals surface area (Å²) in [5, 5.41) is 7.91. The zero-order valence-electron chi connectivity index (χ0n) is 11.3. The zero-order valence-corrected chi connectivity index (χ0v) is 11.3. The van der Waals surface area contributed by atoms with Gasteiger partial charge in [0, 0.05) is 18.0 Å². The molecule has 21 heavy (non-hydrogen) atoms. The van der Waals surface area contributed by atoms with Crippen molar-refractivity contribution in [2.24, 2.45) is 5.84 Å². The Kier molecular flexibility index (Phi) is 3.40. The van der Waals surface area contributed by atoms with Crippen LogP contribution in [0, 0.1) is 0 Å². The van der Waals surface area contributed by atoms with Crippen molar-refractivity contribution in [2.75, 3.05) is 0 Å². The van der Waals surface area contributed by atoms with Crippen molar-refractivity contribution in [3.05, 3.63) is 23.1 Å². The Hall–Kier alpha value is -1.61. The quantitative estimate of drug-likeness (QED) is 0.654. The van der Waals surface area contributed by atoms with Crippen LogP contribution in [0.3, 0.4) is 0 Å². The van der Waals surface area contributed by atoms with Crippen LogP contribution in [0.4, 0.5) is 13.2 Å². The third kappa shape index (κ3) is 2.75. The highest BCUT2D eigenvalue weighted by Gasteiger charge is 2.43. The lowest BCUT2D eigenvalue weighted by atomic mass is 9.82. The number of hydrogen-bond acceptors (Lipinski definition) is 6. The van der Waals surface area contributed by atoms with Gasteiger partial charge in [-0.1, -0.05) is 0 Å². The van der Waals surface area contributed by atoms with Gasteiger partial charge in [0.2, 0.25) is 11.8 Å². The van der Waals surface area contributed by atoms with Crippen molar-refractivity contribution in [3.63, 3.8) is 0 Å². The summed E-state index contributed by atoms with van der Waals surface area (Å²) in [6.07, 6.45) is -4.21. The van der Waals surface area contributed by atoms with E-state index in [1.54, 1.807) is 0 Å². The minimum atomic E-state index is -4.59. The van der Waals surface area contributed by atoms with Gasteiger partial charge in [-0.25, -0.2) is 0 Å². The Morgan fingerprint density at radius 3 is 2.52 bits per heavy atom. The van der Waals surface area contributed by atoms with Crippen LogP contribution in [0.15, 0.2) is 15.7 Å². The van der Waals surface area contributed by atoms with E-state index in [0.29, 0.717) is 18.2 Å². The normalized spacial score (nSPS) is 29.1. The van der Waals surface area contributed by atoms with Crippen molar-refractivity contribution in [1.82, 2.24) is 15.6 Å². The molecule has 2 aliphatic rings. The maximum atomic E-state index is 12.0. The Bertz CT molecular complexity index is 563. The number of hydrazine groups is 1. The van der Waals surface area contributed by atoms with E-state index < -0.39 is 12.5 Å². The average molecular weight is 304 g/mol. The number of alkyl halides is 3. The van der Waals surface area contributed by atoms with Gasteiger partial charge in [0.05, 0.1) is 12.0 Å². The standard InChI is InChI=1S/C12H15F3N4O2/c1-5-8(4-9(5)17-16)11-19-18-10(20-11)6-2-7(3-6)21-12(13,14)15/h6-8,17H,2-4,16H2,1H3. The first-order chi connectivity index (χ1) is 9.87. The van der Waals surface area contributed by atoms with Gasteiger partial charge in [0.25, 0.3) is 0 Å². The number of nitrogens with zero attached hydrogens (tertiary/aromatic N) is 2. The van der Waals surface area contributed by atoms with Gasteiger partial charge >= 0.3 is 6.36 Å². The number of hydrogen-bond donors (Lipinski definition) is 2. The van der Waals surface area contributed by atoms with Crippen LogP contribution in [0.25, 0.3) is 0 Å². The second-order valence-electron chi connectivity index (χ2n) is 5.40. The summed E-state index contributed by atoms with van der Waals surface area (Å²) < 4.78 is 45.6. The first-order valence-electron chi connectivity index (χ1n) is 6.61. The van der Waals surface area contributed by atoms with E-state index in [1.165, 1.54) is 0 Å². The van der Waals surface area contributed by atoms with Crippen LogP contribution in [-0.2, 0) is 4.74 Å².